The van der Waals surface area contributed by atoms with Gasteiger partial charge in [0.1, 0.15) is 0 Å². The highest BCUT2D eigenvalue weighted by Gasteiger charge is 2.50. The highest BCUT2D eigenvalue weighted by molar-refractivity contribution is 5.94. The first-order valence-corrected chi connectivity index (χ1v) is 13.5. The molecule has 40 heavy (non-hydrogen) atoms. The normalized spacial score (nSPS) is 22.5. The number of rotatable bonds is 8. The second-order valence-electron chi connectivity index (χ2n) is 11.0. The van der Waals surface area contributed by atoms with Crippen LogP contribution >= 0.6 is 0 Å². The monoisotopic (exact) mass is 554 g/mol. The van der Waals surface area contributed by atoms with Crippen molar-refractivity contribution in [3.05, 3.63) is 65.9 Å². The third-order valence-electron chi connectivity index (χ3n) is 7.91. The molecular formula is C28H29F3N6O3. The Morgan fingerprint density at radius 3 is 2.45 bits per heavy atom. The first-order valence-electron chi connectivity index (χ1n) is 13.5. The molecule has 1 saturated heterocycles. The number of carbonyl (C=O) groups excluding carboxylic acids is 2. The Balaban J connectivity index is 1.15. The molecule has 2 aliphatic carbocycles. The molecule has 3 heterocycles. The van der Waals surface area contributed by atoms with Gasteiger partial charge in [0.2, 0.25) is 5.91 Å². The molecule has 2 N–H and O–H groups in total. The molecule has 1 aromatic carbocycles. The van der Waals surface area contributed by atoms with Crippen LogP contribution in [0.4, 0.5) is 13.2 Å². The zero-order valence-corrected chi connectivity index (χ0v) is 21.7. The fraction of sp³-hybridized carbons (Fsp3) is 0.464. The maximum Gasteiger partial charge on any atom is 0.416 e. The summed E-state index contributed by atoms with van der Waals surface area (Å²) in [6, 6.07) is 7.13. The van der Waals surface area contributed by atoms with Crippen LogP contribution in [0.5, 0.6) is 0 Å². The third kappa shape index (κ3) is 5.72. The maximum atomic E-state index is 13.6. The summed E-state index contributed by atoms with van der Waals surface area (Å²) in [5.74, 6) is 0.285. The lowest BCUT2D eigenvalue weighted by Crippen LogP contribution is -2.57. The van der Waals surface area contributed by atoms with Gasteiger partial charge in [-0.3, -0.25) is 9.59 Å². The summed E-state index contributed by atoms with van der Waals surface area (Å²) in [6.45, 7) is 2.22. The molecule has 3 fully saturated rings. The van der Waals surface area contributed by atoms with Crippen molar-refractivity contribution in [1.82, 2.24) is 30.7 Å². The molecule has 210 valence electrons. The fourth-order valence-electron chi connectivity index (χ4n) is 5.28. The second-order valence-corrected chi connectivity index (χ2v) is 11.0. The summed E-state index contributed by atoms with van der Waals surface area (Å²) in [6.07, 6.45) is 3.38. The van der Waals surface area contributed by atoms with E-state index in [1.165, 1.54) is 31.0 Å². The molecule has 6 rings (SSSR count). The Labute approximate surface area is 228 Å². The number of amides is 2. The zero-order valence-electron chi connectivity index (χ0n) is 21.7. The summed E-state index contributed by atoms with van der Waals surface area (Å²) in [5, 5.41) is 9.97. The van der Waals surface area contributed by atoms with Gasteiger partial charge in [0.15, 0.2) is 17.3 Å². The van der Waals surface area contributed by atoms with Crippen molar-refractivity contribution in [2.45, 2.75) is 49.9 Å². The highest BCUT2D eigenvalue weighted by Crippen LogP contribution is 2.44. The van der Waals surface area contributed by atoms with E-state index >= 15 is 0 Å². The molecule has 12 heteroatoms. The third-order valence-corrected chi connectivity index (χ3v) is 7.91. The molecule has 2 atom stereocenters. The van der Waals surface area contributed by atoms with Crippen LogP contribution in [0.15, 0.2) is 53.3 Å². The van der Waals surface area contributed by atoms with Gasteiger partial charge in [-0.15, -0.1) is 0 Å². The molecule has 2 aromatic heterocycles. The van der Waals surface area contributed by atoms with E-state index in [4.69, 9.17) is 4.52 Å². The number of hydrogen-bond acceptors (Lipinski definition) is 7. The summed E-state index contributed by atoms with van der Waals surface area (Å²) in [4.78, 5) is 37.8. The van der Waals surface area contributed by atoms with Gasteiger partial charge >= 0.3 is 6.18 Å². The van der Waals surface area contributed by atoms with Crippen LogP contribution in [0.3, 0.4) is 0 Å². The average molecular weight is 555 g/mol. The van der Waals surface area contributed by atoms with Gasteiger partial charge in [-0.1, -0.05) is 17.3 Å². The summed E-state index contributed by atoms with van der Waals surface area (Å²) >= 11 is 0. The van der Waals surface area contributed by atoms with Crippen LogP contribution in [0.2, 0.25) is 0 Å². The number of likely N-dealkylation sites (tertiary alicyclic amines) is 1. The predicted octanol–water partition coefficient (Wildman–Crippen LogP) is 3.79. The van der Waals surface area contributed by atoms with Crippen molar-refractivity contribution in [3.8, 4) is 11.3 Å². The number of benzene rings is 1. The molecule has 0 bridgehead atoms. The summed E-state index contributed by atoms with van der Waals surface area (Å²) in [5.41, 5.74) is -0.999. The van der Waals surface area contributed by atoms with E-state index < -0.39 is 35.1 Å². The van der Waals surface area contributed by atoms with Gasteiger partial charge in [0.05, 0.1) is 17.0 Å². The van der Waals surface area contributed by atoms with Crippen molar-refractivity contribution in [2.24, 2.45) is 11.8 Å². The van der Waals surface area contributed by atoms with E-state index in [1.807, 2.05) is 0 Å². The van der Waals surface area contributed by atoms with Crippen LogP contribution in [-0.2, 0) is 16.5 Å². The number of aromatic nitrogens is 3. The van der Waals surface area contributed by atoms with Crippen molar-refractivity contribution < 1.29 is 27.3 Å². The van der Waals surface area contributed by atoms with Crippen molar-refractivity contribution >= 4 is 11.8 Å². The minimum Gasteiger partial charge on any atom is -0.355 e. The minimum absolute atomic E-state index is 0.00850. The van der Waals surface area contributed by atoms with E-state index in [0.717, 1.165) is 38.1 Å². The molecular weight excluding hydrogens is 525 g/mol. The topological polar surface area (TPSA) is 113 Å². The molecule has 2 saturated carbocycles. The lowest BCUT2D eigenvalue weighted by atomic mass is 9.90. The number of alkyl halides is 3. The van der Waals surface area contributed by atoms with E-state index in [1.54, 1.807) is 18.5 Å². The quantitative estimate of drug-likeness (QED) is 0.436. The number of piperidine rings is 1. The first-order chi connectivity index (χ1) is 19.2. The predicted molar refractivity (Wildman–Crippen MR) is 137 cm³/mol. The molecule has 1 aliphatic heterocycles. The van der Waals surface area contributed by atoms with Crippen LogP contribution < -0.4 is 10.6 Å². The van der Waals surface area contributed by atoms with E-state index in [2.05, 4.69) is 30.7 Å². The summed E-state index contributed by atoms with van der Waals surface area (Å²) < 4.78 is 43.9. The van der Waals surface area contributed by atoms with Crippen molar-refractivity contribution in [2.75, 3.05) is 19.6 Å². The molecule has 3 aromatic rings. The van der Waals surface area contributed by atoms with Crippen molar-refractivity contribution in [1.29, 1.82) is 0 Å². The Bertz CT molecular complexity index is 1370. The lowest BCUT2D eigenvalue weighted by Gasteiger charge is -2.38. The Kier molecular flexibility index (Phi) is 6.81. The molecule has 3 aliphatic rings. The van der Waals surface area contributed by atoms with Gasteiger partial charge in [-0.05, 0) is 56.2 Å². The SMILES string of the molecule is O=C(N[C@H]1CCN(CC2CC2)C[C@@H]1C(=O)NC1(c2ncccn2)CC1)c1cc(-c2ccc(C(F)(F)F)cc2)on1. The number of nitrogens with zero attached hydrogens (tertiary/aromatic N) is 4. The molecule has 0 unspecified atom stereocenters. The van der Waals surface area contributed by atoms with E-state index in [0.29, 0.717) is 30.3 Å². The molecule has 2 amide bonds. The Morgan fingerprint density at radius 1 is 1.07 bits per heavy atom. The van der Waals surface area contributed by atoms with Crippen LogP contribution in [0.1, 0.15) is 54.0 Å². The van der Waals surface area contributed by atoms with Gasteiger partial charge in [-0.25, -0.2) is 9.97 Å². The second kappa shape index (κ2) is 10.3. The number of halogens is 3. The van der Waals surface area contributed by atoms with E-state index in [-0.39, 0.29) is 17.4 Å². The largest absolute Gasteiger partial charge is 0.416 e. The fourth-order valence-corrected chi connectivity index (χ4v) is 5.28. The highest BCUT2D eigenvalue weighted by atomic mass is 19.4. The number of hydrogen-bond donors (Lipinski definition) is 2. The van der Waals surface area contributed by atoms with Crippen LogP contribution in [0.25, 0.3) is 11.3 Å². The smallest absolute Gasteiger partial charge is 0.355 e. The van der Waals surface area contributed by atoms with Gasteiger partial charge in [-0.2, -0.15) is 13.2 Å². The number of carbonyl (C=O) groups is 2. The maximum absolute atomic E-state index is 13.6. The van der Waals surface area contributed by atoms with Gasteiger partial charge in [0.25, 0.3) is 5.91 Å². The first kappa shape index (κ1) is 26.4. The minimum atomic E-state index is -4.45. The summed E-state index contributed by atoms with van der Waals surface area (Å²) in [7, 11) is 0. The number of nitrogens with one attached hydrogen (secondary N) is 2. The molecule has 0 radical (unpaired) electrons. The van der Waals surface area contributed by atoms with Gasteiger partial charge < -0.3 is 20.1 Å². The Hall–Kier alpha value is -3.80. The van der Waals surface area contributed by atoms with Crippen LogP contribution in [-0.4, -0.2) is 57.5 Å². The van der Waals surface area contributed by atoms with E-state index in [9.17, 15) is 22.8 Å². The standard InChI is InChI=1S/C28H29F3N6O3/c29-28(30,31)19-6-4-18(5-7-19)23-14-22(36-40-23)25(39)34-21-8-13-37(15-17-2-3-17)16-20(21)24(38)35-27(9-10-27)26-32-11-1-12-33-26/h1,4-7,11-12,14,17,20-21H,2-3,8-10,13,15-16H2,(H,34,39)(H,35,38)/t20-,21-/m0/s1. The molecule has 0 spiro atoms. The average Bonchev–Trinajstić information content (AvgIpc) is 3.87. The lowest BCUT2D eigenvalue weighted by molar-refractivity contribution is -0.137. The zero-order chi connectivity index (χ0) is 27.9. The van der Waals surface area contributed by atoms with Crippen molar-refractivity contribution in [3.63, 3.8) is 0 Å². The van der Waals surface area contributed by atoms with Crippen LogP contribution in [0, 0.1) is 11.8 Å². The molecule has 9 nitrogen and oxygen atoms in total. The Morgan fingerprint density at radius 2 is 1.80 bits per heavy atom. The van der Waals surface area contributed by atoms with Gasteiger partial charge in [0, 0.05) is 49.7 Å².